The monoisotopic (exact) mass is 557 g/mol. The highest BCUT2D eigenvalue weighted by atomic mass is 35.5. The van der Waals surface area contributed by atoms with E-state index in [-0.39, 0.29) is 29.9 Å². The minimum Gasteiger partial charge on any atom is -0.383 e. The molecule has 3 heterocycles. The van der Waals surface area contributed by atoms with E-state index < -0.39 is 10.0 Å². The third kappa shape index (κ3) is 5.64. The Morgan fingerprint density at radius 2 is 1.71 bits per heavy atom. The average Bonchev–Trinajstić information content (AvgIpc) is 2.94. The summed E-state index contributed by atoms with van der Waals surface area (Å²) in [7, 11) is -2.18. The fourth-order valence-electron chi connectivity index (χ4n) is 5.29. The van der Waals surface area contributed by atoms with E-state index in [9.17, 15) is 13.2 Å². The third-order valence-corrected chi connectivity index (χ3v) is 9.40. The quantitative estimate of drug-likeness (QED) is 0.420. The summed E-state index contributed by atoms with van der Waals surface area (Å²) in [6.07, 6.45) is 5.37. The van der Waals surface area contributed by atoms with Crippen LogP contribution >= 0.6 is 11.6 Å². The molecule has 1 amide bonds. The predicted octanol–water partition coefficient (Wildman–Crippen LogP) is 3.25. The van der Waals surface area contributed by atoms with Gasteiger partial charge in [0, 0.05) is 62.4 Å². The van der Waals surface area contributed by atoms with E-state index in [2.05, 4.69) is 14.9 Å². The number of piperazine rings is 1. The molecule has 2 aliphatic heterocycles. The van der Waals surface area contributed by atoms with Gasteiger partial charge >= 0.3 is 0 Å². The van der Waals surface area contributed by atoms with Crippen LogP contribution in [0.3, 0.4) is 0 Å². The molecule has 2 fully saturated rings. The number of methoxy groups -OCH3 is 1. The second kappa shape index (κ2) is 11.5. The minimum absolute atomic E-state index is 0.169. The molecule has 0 bridgehead atoms. The molecule has 0 unspecified atom stereocenters. The highest BCUT2D eigenvalue weighted by Crippen LogP contribution is 2.27. The molecule has 5 rings (SSSR count). The Kier molecular flexibility index (Phi) is 8.15. The van der Waals surface area contributed by atoms with Gasteiger partial charge < -0.3 is 9.64 Å². The van der Waals surface area contributed by atoms with E-state index in [0.29, 0.717) is 24.7 Å². The first-order chi connectivity index (χ1) is 18.4. The van der Waals surface area contributed by atoms with Gasteiger partial charge in [0.15, 0.2) is 0 Å². The Morgan fingerprint density at radius 1 is 1.00 bits per heavy atom. The molecular formula is C27H32ClN5O4S. The number of anilines is 1. The molecule has 3 aromatic rings. The Hall–Kier alpha value is -2.76. The van der Waals surface area contributed by atoms with Crippen LogP contribution in [0.15, 0.2) is 65.8 Å². The molecule has 11 heteroatoms. The highest BCUT2D eigenvalue weighted by Gasteiger charge is 2.38. The lowest BCUT2D eigenvalue weighted by atomic mass is 10.0. The van der Waals surface area contributed by atoms with Crippen molar-refractivity contribution in [1.29, 1.82) is 0 Å². The predicted molar refractivity (Wildman–Crippen MR) is 147 cm³/mol. The number of pyridine rings is 1. The minimum atomic E-state index is -3.83. The fraction of sp³-hybridized carbons (Fsp3) is 0.407. The van der Waals surface area contributed by atoms with Gasteiger partial charge in [-0.3, -0.25) is 14.8 Å². The summed E-state index contributed by atoms with van der Waals surface area (Å²) in [6.45, 7) is 3.13. The van der Waals surface area contributed by atoms with Crippen LogP contribution in [0.25, 0.3) is 10.8 Å². The molecule has 0 N–H and O–H groups in total. The fourth-order valence-corrected chi connectivity index (χ4v) is 6.88. The number of aromatic nitrogens is 1. The number of ether oxygens (including phenoxy) is 1. The highest BCUT2D eigenvalue weighted by molar-refractivity contribution is 7.89. The van der Waals surface area contributed by atoms with E-state index in [1.54, 1.807) is 60.9 Å². The number of nitrogens with zero attached hydrogens (tertiary/aromatic N) is 5. The van der Waals surface area contributed by atoms with Crippen molar-refractivity contribution in [1.82, 2.24) is 19.3 Å². The van der Waals surface area contributed by atoms with Gasteiger partial charge in [0.2, 0.25) is 10.0 Å². The van der Waals surface area contributed by atoms with Gasteiger partial charge in [-0.2, -0.15) is 4.31 Å². The number of benzene rings is 2. The molecule has 0 saturated carbocycles. The average molecular weight is 558 g/mol. The van der Waals surface area contributed by atoms with Gasteiger partial charge in [-0.1, -0.05) is 23.7 Å². The van der Waals surface area contributed by atoms with Crippen molar-refractivity contribution in [2.24, 2.45) is 0 Å². The number of rotatable bonds is 8. The van der Waals surface area contributed by atoms with Crippen molar-refractivity contribution in [3.05, 3.63) is 65.9 Å². The number of piperidine rings is 1. The van der Waals surface area contributed by atoms with Gasteiger partial charge in [-0.15, -0.1) is 0 Å². The Labute approximate surface area is 228 Å². The molecule has 0 radical (unpaired) electrons. The zero-order chi connectivity index (χ0) is 26.7. The Bertz CT molecular complexity index is 1380. The molecule has 38 heavy (non-hydrogen) atoms. The normalized spacial score (nSPS) is 18.0. The van der Waals surface area contributed by atoms with E-state index in [1.807, 2.05) is 12.1 Å². The second-order valence-electron chi connectivity index (χ2n) is 9.59. The molecule has 0 atom stereocenters. The Balaban J connectivity index is 1.27. The molecule has 2 saturated heterocycles. The summed E-state index contributed by atoms with van der Waals surface area (Å²) in [5.74, 6) is -0.222. The van der Waals surface area contributed by atoms with Crippen LogP contribution in [0.1, 0.15) is 12.8 Å². The topological polar surface area (TPSA) is 86.3 Å². The van der Waals surface area contributed by atoms with Crippen molar-refractivity contribution in [3.63, 3.8) is 0 Å². The number of amides is 1. The molecule has 202 valence electrons. The molecular weight excluding hydrogens is 526 g/mol. The first kappa shape index (κ1) is 26.8. The first-order valence-electron chi connectivity index (χ1n) is 12.8. The van der Waals surface area contributed by atoms with Crippen LogP contribution in [-0.4, -0.2) is 92.7 Å². The number of hydrogen-bond acceptors (Lipinski definition) is 7. The maximum absolute atomic E-state index is 13.5. The number of carbonyl (C=O) groups is 1. The van der Waals surface area contributed by atoms with Gasteiger partial charge in [-0.25, -0.2) is 13.4 Å². The molecule has 0 aliphatic carbocycles. The number of hydrogen-bond donors (Lipinski definition) is 0. The summed E-state index contributed by atoms with van der Waals surface area (Å²) in [6, 6.07) is 14.5. The van der Waals surface area contributed by atoms with E-state index in [1.165, 1.54) is 4.31 Å². The summed E-state index contributed by atoms with van der Waals surface area (Å²) in [5, 5.41) is 6.07. The van der Waals surface area contributed by atoms with Crippen LogP contribution in [0.4, 0.5) is 5.69 Å². The number of fused-ring (bicyclic) bond motifs is 1. The van der Waals surface area contributed by atoms with E-state index in [4.69, 9.17) is 16.3 Å². The van der Waals surface area contributed by atoms with E-state index >= 15 is 0 Å². The summed E-state index contributed by atoms with van der Waals surface area (Å²) < 4.78 is 33.5. The van der Waals surface area contributed by atoms with Crippen molar-refractivity contribution in [3.8, 4) is 0 Å². The van der Waals surface area contributed by atoms with Gasteiger partial charge in [-0.05, 0) is 60.0 Å². The lowest BCUT2D eigenvalue weighted by molar-refractivity contribution is -0.161. The van der Waals surface area contributed by atoms with Crippen LogP contribution < -0.4 is 4.90 Å². The maximum Gasteiger partial charge on any atom is 0.252 e. The lowest BCUT2D eigenvalue weighted by Crippen LogP contribution is -2.62. The molecule has 0 spiro atoms. The summed E-state index contributed by atoms with van der Waals surface area (Å²) in [5.41, 5.74) is 1.15. The second-order valence-corrected chi connectivity index (χ2v) is 12.0. The lowest BCUT2D eigenvalue weighted by Gasteiger charge is -2.46. The van der Waals surface area contributed by atoms with Crippen LogP contribution in [0.2, 0.25) is 5.02 Å². The van der Waals surface area contributed by atoms with Crippen molar-refractivity contribution >= 4 is 44.0 Å². The van der Waals surface area contributed by atoms with Crippen LogP contribution in [0, 0.1) is 0 Å². The van der Waals surface area contributed by atoms with Crippen molar-refractivity contribution < 1.29 is 17.9 Å². The molecule has 9 nitrogen and oxygen atoms in total. The zero-order valence-electron chi connectivity index (χ0n) is 21.4. The summed E-state index contributed by atoms with van der Waals surface area (Å²) in [4.78, 5) is 20.0. The Morgan fingerprint density at radius 3 is 2.42 bits per heavy atom. The maximum atomic E-state index is 13.5. The zero-order valence-corrected chi connectivity index (χ0v) is 22.9. The van der Waals surface area contributed by atoms with Gasteiger partial charge in [0.1, 0.15) is 0 Å². The number of sulfonamides is 1. The van der Waals surface area contributed by atoms with Crippen molar-refractivity contribution in [2.45, 2.75) is 23.8 Å². The van der Waals surface area contributed by atoms with Gasteiger partial charge in [0.25, 0.3) is 5.91 Å². The molecule has 2 aromatic carbocycles. The smallest absolute Gasteiger partial charge is 0.252 e. The van der Waals surface area contributed by atoms with Crippen LogP contribution in [0.5, 0.6) is 0 Å². The van der Waals surface area contributed by atoms with Crippen molar-refractivity contribution in [2.75, 3.05) is 57.9 Å². The van der Waals surface area contributed by atoms with Gasteiger partial charge in [0.05, 0.1) is 24.6 Å². The largest absolute Gasteiger partial charge is 0.383 e. The van der Waals surface area contributed by atoms with Crippen LogP contribution in [-0.2, 0) is 19.6 Å². The number of hydrazine groups is 1. The number of carbonyl (C=O) groups excluding carboxylic acids is 1. The van der Waals surface area contributed by atoms with E-state index in [0.717, 1.165) is 42.4 Å². The molecule has 1 aromatic heterocycles. The standard InChI is InChI=1S/C27H32ClN5O4S/c1-37-17-16-32(25-8-12-30(13-9-25)24-6-10-29-11-7-24)33-15-14-31(20-27(33)34)38(35,36)26-5-3-21-18-23(28)4-2-22(21)19-26/h2-7,10-11,18-19,25H,8-9,12-17,20H2,1H3. The third-order valence-electron chi connectivity index (χ3n) is 7.32. The molecule has 2 aliphatic rings. The number of halogens is 1. The first-order valence-corrected chi connectivity index (χ1v) is 14.6. The SMILES string of the molecule is COCCN(C1CCN(c2ccncc2)CC1)N1CCN(S(=O)(=O)c2ccc3cc(Cl)ccc3c2)CC1=O. The summed E-state index contributed by atoms with van der Waals surface area (Å²) >= 11 is 6.06.